The number of nitro groups is 1. The molecule has 0 heterocycles. The number of carbonyl (C=O) groups excluding carboxylic acids is 1. The maximum atomic E-state index is 12.3. The minimum atomic E-state index is -0.799. The molecule has 2 rings (SSSR count). The summed E-state index contributed by atoms with van der Waals surface area (Å²) < 4.78 is 15.8. The van der Waals surface area contributed by atoms with Crippen molar-refractivity contribution in [2.24, 2.45) is 0 Å². The van der Waals surface area contributed by atoms with Crippen LogP contribution in [-0.4, -0.2) is 31.2 Å². The molecule has 0 radical (unpaired) electrons. The lowest BCUT2D eigenvalue weighted by Gasteiger charge is -2.16. The van der Waals surface area contributed by atoms with Crippen LogP contribution >= 0.6 is 0 Å². The van der Waals surface area contributed by atoms with Crippen LogP contribution in [0.2, 0.25) is 0 Å². The first-order valence-corrected chi connectivity index (χ1v) is 7.38. The van der Waals surface area contributed by atoms with Gasteiger partial charge in [-0.05, 0) is 25.1 Å². The molecule has 0 aromatic heterocycles. The van der Waals surface area contributed by atoms with Gasteiger partial charge in [0.2, 0.25) is 0 Å². The summed E-state index contributed by atoms with van der Waals surface area (Å²) in [6, 6.07) is 10.8. The van der Waals surface area contributed by atoms with E-state index in [0.29, 0.717) is 17.2 Å². The van der Waals surface area contributed by atoms with Crippen molar-refractivity contribution >= 4 is 17.3 Å². The fraction of sp³-hybridized carbons (Fsp3) is 0.235. The number of methoxy groups -OCH3 is 2. The van der Waals surface area contributed by atoms with Crippen LogP contribution in [0.1, 0.15) is 6.92 Å². The van der Waals surface area contributed by atoms with Crippen molar-refractivity contribution in [2.75, 3.05) is 19.5 Å². The number of nitro benzene ring substituents is 1. The van der Waals surface area contributed by atoms with Crippen molar-refractivity contribution in [2.45, 2.75) is 13.0 Å². The summed E-state index contributed by atoms with van der Waals surface area (Å²) in [5.74, 6) is 0.867. The molecule has 0 saturated heterocycles. The Morgan fingerprint density at radius 1 is 1.12 bits per heavy atom. The number of ether oxygens (including phenoxy) is 3. The molecule has 1 amide bonds. The molecule has 25 heavy (non-hydrogen) atoms. The first-order chi connectivity index (χ1) is 11.9. The first-order valence-electron chi connectivity index (χ1n) is 7.38. The Hall–Kier alpha value is -3.29. The molecule has 1 atom stereocenters. The summed E-state index contributed by atoms with van der Waals surface area (Å²) in [6.45, 7) is 1.59. The highest BCUT2D eigenvalue weighted by molar-refractivity contribution is 5.95. The molecule has 0 spiro atoms. The Balaban J connectivity index is 2.09. The molecule has 0 aliphatic carbocycles. The standard InChI is InChI=1S/C17H18N2O6/c1-11(25-14-6-4-5-13(10-14)23-2)17(20)18-15-8-7-12(19(21)22)9-16(15)24-3/h4-11H,1-3H3,(H,18,20). The smallest absolute Gasteiger partial charge is 0.273 e. The van der Waals surface area contributed by atoms with Crippen LogP contribution in [-0.2, 0) is 4.79 Å². The average molecular weight is 346 g/mol. The van der Waals surface area contributed by atoms with Crippen LogP contribution in [0.3, 0.4) is 0 Å². The third kappa shape index (κ3) is 4.60. The number of hydrogen-bond acceptors (Lipinski definition) is 6. The van der Waals surface area contributed by atoms with Crippen LogP contribution in [0.15, 0.2) is 42.5 Å². The molecule has 0 saturated carbocycles. The van der Waals surface area contributed by atoms with Gasteiger partial charge in [0.25, 0.3) is 11.6 Å². The van der Waals surface area contributed by atoms with Gasteiger partial charge in [-0.15, -0.1) is 0 Å². The van der Waals surface area contributed by atoms with Crippen molar-refractivity contribution in [3.8, 4) is 17.2 Å². The average Bonchev–Trinajstić information content (AvgIpc) is 2.61. The number of rotatable bonds is 7. The summed E-state index contributed by atoms with van der Waals surface area (Å²) in [6.07, 6.45) is -0.799. The van der Waals surface area contributed by atoms with Gasteiger partial charge in [0.15, 0.2) is 6.10 Å². The van der Waals surface area contributed by atoms with E-state index in [0.717, 1.165) is 0 Å². The molecule has 8 nitrogen and oxygen atoms in total. The lowest BCUT2D eigenvalue weighted by atomic mass is 10.2. The second-order valence-electron chi connectivity index (χ2n) is 5.07. The monoisotopic (exact) mass is 346 g/mol. The molecule has 0 fully saturated rings. The molecule has 0 aliphatic heterocycles. The number of carbonyl (C=O) groups is 1. The normalized spacial score (nSPS) is 11.3. The molecule has 0 bridgehead atoms. The third-order valence-electron chi connectivity index (χ3n) is 3.38. The van der Waals surface area contributed by atoms with Gasteiger partial charge in [-0.25, -0.2) is 0 Å². The van der Waals surface area contributed by atoms with E-state index in [9.17, 15) is 14.9 Å². The van der Waals surface area contributed by atoms with Crippen LogP contribution in [0.25, 0.3) is 0 Å². The predicted molar refractivity (Wildman–Crippen MR) is 91.4 cm³/mol. The molecule has 0 aliphatic rings. The molecule has 8 heteroatoms. The predicted octanol–water partition coefficient (Wildman–Crippen LogP) is 3.02. The summed E-state index contributed by atoms with van der Waals surface area (Å²) in [5.41, 5.74) is 0.190. The molecular formula is C17H18N2O6. The maximum absolute atomic E-state index is 12.3. The van der Waals surface area contributed by atoms with E-state index in [4.69, 9.17) is 14.2 Å². The lowest BCUT2D eigenvalue weighted by molar-refractivity contribution is -0.384. The fourth-order valence-corrected chi connectivity index (χ4v) is 2.06. The minimum absolute atomic E-state index is 0.129. The van der Waals surface area contributed by atoms with E-state index in [1.54, 1.807) is 31.2 Å². The number of amides is 1. The Bertz CT molecular complexity index is 777. The summed E-state index contributed by atoms with van der Waals surface area (Å²) >= 11 is 0. The Morgan fingerprint density at radius 2 is 1.84 bits per heavy atom. The Labute approximate surface area is 144 Å². The van der Waals surface area contributed by atoms with Crippen molar-refractivity contribution in [1.82, 2.24) is 0 Å². The molecule has 132 valence electrons. The largest absolute Gasteiger partial charge is 0.497 e. The zero-order valence-corrected chi connectivity index (χ0v) is 14.0. The highest BCUT2D eigenvalue weighted by Gasteiger charge is 2.18. The molecule has 2 aromatic rings. The topological polar surface area (TPSA) is 99.9 Å². The van der Waals surface area contributed by atoms with E-state index < -0.39 is 16.9 Å². The van der Waals surface area contributed by atoms with Crippen molar-refractivity contribution < 1.29 is 23.9 Å². The number of nitrogens with one attached hydrogen (secondary N) is 1. The van der Waals surface area contributed by atoms with E-state index in [1.807, 2.05) is 0 Å². The summed E-state index contributed by atoms with van der Waals surface area (Å²) in [4.78, 5) is 22.6. The van der Waals surface area contributed by atoms with Crippen molar-refractivity contribution in [1.29, 1.82) is 0 Å². The maximum Gasteiger partial charge on any atom is 0.273 e. The number of anilines is 1. The van der Waals surface area contributed by atoms with E-state index in [-0.39, 0.29) is 11.4 Å². The van der Waals surface area contributed by atoms with Gasteiger partial charge >= 0.3 is 0 Å². The van der Waals surface area contributed by atoms with E-state index in [1.165, 1.54) is 32.4 Å². The van der Waals surface area contributed by atoms with Crippen molar-refractivity contribution in [3.05, 3.63) is 52.6 Å². The van der Waals surface area contributed by atoms with Gasteiger partial charge in [-0.1, -0.05) is 6.07 Å². The number of non-ortho nitro benzene ring substituents is 1. The van der Waals surface area contributed by atoms with Gasteiger partial charge in [0.1, 0.15) is 17.2 Å². The lowest BCUT2D eigenvalue weighted by Crippen LogP contribution is -2.30. The van der Waals surface area contributed by atoms with Crippen LogP contribution in [0.5, 0.6) is 17.2 Å². The Morgan fingerprint density at radius 3 is 2.48 bits per heavy atom. The highest BCUT2D eigenvalue weighted by atomic mass is 16.6. The molecule has 1 N–H and O–H groups in total. The van der Waals surface area contributed by atoms with Crippen LogP contribution < -0.4 is 19.5 Å². The zero-order chi connectivity index (χ0) is 18.4. The second-order valence-corrected chi connectivity index (χ2v) is 5.07. The number of hydrogen-bond donors (Lipinski definition) is 1. The molecule has 1 unspecified atom stereocenters. The van der Waals surface area contributed by atoms with Crippen molar-refractivity contribution in [3.63, 3.8) is 0 Å². The van der Waals surface area contributed by atoms with Gasteiger partial charge in [0.05, 0.1) is 30.9 Å². The van der Waals surface area contributed by atoms with E-state index in [2.05, 4.69) is 5.32 Å². The first kappa shape index (κ1) is 18.1. The fourth-order valence-electron chi connectivity index (χ4n) is 2.06. The van der Waals surface area contributed by atoms with Gasteiger partial charge in [-0.3, -0.25) is 14.9 Å². The van der Waals surface area contributed by atoms with Crippen LogP contribution in [0, 0.1) is 10.1 Å². The SMILES string of the molecule is COc1cccc(OC(C)C(=O)Nc2ccc([N+](=O)[O-])cc2OC)c1. The number of benzene rings is 2. The molecule has 2 aromatic carbocycles. The van der Waals surface area contributed by atoms with Gasteiger partial charge in [0, 0.05) is 12.1 Å². The summed E-state index contributed by atoms with van der Waals surface area (Å²) in [7, 11) is 2.90. The number of nitrogens with zero attached hydrogens (tertiary/aromatic N) is 1. The third-order valence-corrected chi connectivity index (χ3v) is 3.38. The van der Waals surface area contributed by atoms with Crippen LogP contribution in [0.4, 0.5) is 11.4 Å². The minimum Gasteiger partial charge on any atom is -0.497 e. The van der Waals surface area contributed by atoms with Gasteiger partial charge < -0.3 is 19.5 Å². The summed E-state index contributed by atoms with van der Waals surface area (Å²) in [5, 5.41) is 13.4. The quantitative estimate of drug-likeness (QED) is 0.611. The highest BCUT2D eigenvalue weighted by Crippen LogP contribution is 2.29. The van der Waals surface area contributed by atoms with Gasteiger partial charge in [-0.2, -0.15) is 0 Å². The molecular weight excluding hydrogens is 328 g/mol. The zero-order valence-electron chi connectivity index (χ0n) is 14.0. The van der Waals surface area contributed by atoms with E-state index >= 15 is 0 Å². The second kappa shape index (κ2) is 8.00. The Kier molecular flexibility index (Phi) is 5.78.